The zero-order valence-corrected chi connectivity index (χ0v) is 17.4. The molecule has 0 aromatic heterocycles. The van der Waals surface area contributed by atoms with Crippen molar-refractivity contribution in [2.75, 3.05) is 6.61 Å². The lowest BCUT2D eigenvalue weighted by Gasteiger charge is -2.12. The van der Waals surface area contributed by atoms with E-state index in [-0.39, 0.29) is 33.4 Å². The number of amides is 2. The number of hydrogen-bond acceptors (Lipinski definition) is 5. The second kappa shape index (κ2) is 8.81. The molecule has 2 amide bonds. The fourth-order valence-corrected chi connectivity index (χ4v) is 3.77. The molecule has 1 N–H and O–H groups in total. The SMILES string of the molecule is O=C(O)COc1ccc(/C=C2\SC(=O)N(Cc3ccc(Br)cc3)C2=O)cc1Cl. The molecule has 0 saturated carbocycles. The van der Waals surface area contributed by atoms with Gasteiger partial charge >= 0.3 is 5.97 Å². The smallest absolute Gasteiger partial charge is 0.341 e. The van der Waals surface area contributed by atoms with Crippen LogP contribution >= 0.6 is 39.3 Å². The van der Waals surface area contributed by atoms with Crippen molar-refractivity contribution in [2.24, 2.45) is 0 Å². The van der Waals surface area contributed by atoms with Crippen molar-refractivity contribution >= 4 is 62.5 Å². The molecule has 9 heteroatoms. The zero-order chi connectivity index (χ0) is 20.3. The number of carboxylic acid groups (broad SMARTS) is 1. The Bertz CT molecular complexity index is 977. The maximum absolute atomic E-state index is 12.6. The van der Waals surface area contributed by atoms with Crippen LogP contribution in [-0.4, -0.2) is 33.7 Å². The van der Waals surface area contributed by atoms with Crippen LogP contribution in [0.2, 0.25) is 5.02 Å². The number of carbonyl (C=O) groups is 3. The molecule has 1 aliphatic rings. The Kier molecular flexibility index (Phi) is 6.43. The number of imide groups is 1. The van der Waals surface area contributed by atoms with E-state index in [1.165, 1.54) is 11.0 Å². The summed E-state index contributed by atoms with van der Waals surface area (Å²) in [5, 5.41) is 8.52. The molecule has 2 aromatic rings. The highest BCUT2D eigenvalue weighted by Crippen LogP contribution is 2.34. The number of hydrogen-bond donors (Lipinski definition) is 1. The molecule has 0 aliphatic carbocycles. The van der Waals surface area contributed by atoms with Crippen molar-refractivity contribution in [1.29, 1.82) is 0 Å². The summed E-state index contributed by atoms with van der Waals surface area (Å²) in [6.45, 7) is -0.313. The van der Waals surface area contributed by atoms with Crippen molar-refractivity contribution in [3.63, 3.8) is 0 Å². The normalized spacial score (nSPS) is 15.4. The van der Waals surface area contributed by atoms with E-state index in [4.69, 9.17) is 21.4 Å². The van der Waals surface area contributed by atoms with Gasteiger partial charge in [-0.1, -0.05) is 45.7 Å². The molecule has 1 saturated heterocycles. The number of benzene rings is 2. The van der Waals surface area contributed by atoms with Crippen LogP contribution in [0.3, 0.4) is 0 Å². The first-order valence-electron chi connectivity index (χ1n) is 7.97. The minimum atomic E-state index is -1.11. The number of carboxylic acids is 1. The number of halogens is 2. The third-order valence-electron chi connectivity index (χ3n) is 3.73. The predicted octanol–water partition coefficient (Wildman–Crippen LogP) is 4.80. The van der Waals surface area contributed by atoms with Crippen LogP contribution in [0, 0.1) is 0 Å². The van der Waals surface area contributed by atoms with Crippen LogP contribution in [0.25, 0.3) is 6.08 Å². The minimum absolute atomic E-state index is 0.192. The Labute approximate surface area is 178 Å². The summed E-state index contributed by atoms with van der Waals surface area (Å²) in [5.74, 6) is -1.26. The van der Waals surface area contributed by atoms with Gasteiger partial charge in [-0.15, -0.1) is 0 Å². The fourth-order valence-electron chi connectivity index (χ4n) is 2.42. The number of carbonyl (C=O) groups excluding carboxylic acids is 2. The van der Waals surface area contributed by atoms with Crippen molar-refractivity contribution < 1.29 is 24.2 Å². The van der Waals surface area contributed by atoms with Crippen LogP contribution in [0.5, 0.6) is 5.75 Å². The number of aliphatic carboxylic acids is 1. The lowest BCUT2D eigenvalue weighted by molar-refractivity contribution is -0.139. The van der Waals surface area contributed by atoms with Gasteiger partial charge in [0.2, 0.25) is 0 Å². The Morgan fingerprint density at radius 1 is 1.21 bits per heavy atom. The standard InChI is InChI=1S/C19H13BrClNO5S/c20-13-4-1-11(2-5-13)9-22-18(25)16(28-19(22)26)8-12-3-6-15(14(21)7-12)27-10-17(23)24/h1-8H,9-10H2,(H,23,24)/b16-8-. The van der Waals surface area contributed by atoms with E-state index in [9.17, 15) is 14.4 Å². The fraction of sp³-hybridized carbons (Fsp3) is 0.105. The second-order valence-electron chi connectivity index (χ2n) is 5.77. The van der Waals surface area contributed by atoms with E-state index in [2.05, 4.69) is 15.9 Å². The Balaban J connectivity index is 1.75. The number of ether oxygens (including phenoxy) is 1. The monoisotopic (exact) mass is 481 g/mol. The molecule has 1 aliphatic heterocycles. The maximum Gasteiger partial charge on any atom is 0.341 e. The number of rotatable bonds is 6. The van der Waals surface area contributed by atoms with Gasteiger partial charge < -0.3 is 9.84 Å². The number of thioether (sulfide) groups is 1. The Morgan fingerprint density at radius 2 is 1.93 bits per heavy atom. The minimum Gasteiger partial charge on any atom is -0.480 e. The second-order valence-corrected chi connectivity index (χ2v) is 8.08. The first kappa shape index (κ1) is 20.4. The predicted molar refractivity (Wildman–Crippen MR) is 110 cm³/mol. The molecule has 0 spiro atoms. The largest absolute Gasteiger partial charge is 0.480 e. The molecular weight excluding hydrogens is 470 g/mol. The van der Waals surface area contributed by atoms with E-state index in [0.29, 0.717) is 5.56 Å². The van der Waals surface area contributed by atoms with Crippen molar-refractivity contribution in [3.05, 3.63) is 68.0 Å². The zero-order valence-electron chi connectivity index (χ0n) is 14.2. The van der Waals surface area contributed by atoms with Crippen LogP contribution in [0.15, 0.2) is 51.8 Å². The summed E-state index contributed by atoms with van der Waals surface area (Å²) >= 11 is 10.3. The Hall–Kier alpha value is -2.29. The van der Waals surface area contributed by atoms with Crippen LogP contribution in [0.4, 0.5) is 4.79 Å². The van der Waals surface area contributed by atoms with Gasteiger partial charge in [0.1, 0.15) is 5.75 Å². The first-order chi connectivity index (χ1) is 13.3. The van der Waals surface area contributed by atoms with E-state index >= 15 is 0 Å². The van der Waals surface area contributed by atoms with E-state index in [0.717, 1.165) is 21.8 Å². The van der Waals surface area contributed by atoms with Crippen molar-refractivity contribution in [1.82, 2.24) is 4.90 Å². The van der Waals surface area contributed by atoms with Gasteiger partial charge in [0.25, 0.3) is 11.1 Å². The highest BCUT2D eigenvalue weighted by Gasteiger charge is 2.35. The average Bonchev–Trinajstić information content (AvgIpc) is 2.90. The van der Waals surface area contributed by atoms with E-state index in [1.54, 1.807) is 18.2 Å². The molecule has 0 radical (unpaired) electrons. The summed E-state index contributed by atoms with van der Waals surface area (Å²) in [7, 11) is 0. The molecule has 3 rings (SSSR count). The van der Waals surface area contributed by atoms with Crippen LogP contribution in [0.1, 0.15) is 11.1 Å². The summed E-state index contributed by atoms with van der Waals surface area (Å²) in [6.07, 6.45) is 1.57. The summed E-state index contributed by atoms with van der Waals surface area (Å²) in [6, 6.07) is 12.1. The van der Waals surface area contributed by atoms with Gasteiger partial charge in [-0.05, 0) is 53.2 Å². The molecular formula is C19H13BrClNO5S. The summed E-state index contributed by atoms with van der Waals surface area (Å²) in [5.41, 5.74) is 1.44. The third-order valence-corrected chi connectivity index (χ3v) is 5.46. The van der Waals surface area contributed by atoms with Crippen molar-refractivity contribution in [3.8, 4) is 5.75 Å². The van der Waals surface area contributed by atoms with Crippen molar-refractivity contribution in [2.45, 2.75) is 6.54 Å². The molecule has 1 heterocycles. The first-order valence-corrected chi connectivity index (χ1v) is 9.96. The summed E-state index contributed by atoms with van der Waals surface area (Å²) in [4.78, 5) is 36.9. The van der Waals surface area contributed by atoms with Gasteiger partial charge in [0, 0.05) is 4.47 Å². The molecule has 28 heavy (non-hydrogen) atoms. The summed E-state index contributed by atoms with van der Waals surface area (Å²) < 4.78 is 5.98. The van der Waals surface area contributed by atoms with Crippen LogP contribution < -0.4 is 4.74 Å². The quantitative estimate of drug-likeness (QED) is 0.595. The van der Waals surface area contributed by atoms with Gasteiger partial charge in [-0.2, -0.15) is 0 Å². The lowest BCUT2D eigenvalue weighted by Crippen LogP contribution is -2.27. The highest BCUT2D eigenvalue weighted by molar-refractivity contribution is 9.10. The molecule has 6 nitrogen and oxygen atoms in total. The molecule has 0 unspecified atom stereocenters. The number of nitrogens with zero attached hydrogens (tertiary/aromatic N) is 1. The maximum atomic E-state index is 12.6. The van der Waals surface area contributed by atoms with Gasteiger partial charge in [-0.3, -0.25) is 14.5 Å². The molecule has 2 aromatic carbocycles. The molecule has 1 fully saturated rings. The lowest BCUT2D eigenvalue weighted by atomic mass is 10.2. The van der Waals surface area contributed by atoms with Crippen LogP contribution in [-0.2, 0) is 16.1 Å². The van der Waals surface area contributed by atoms with Gasteiger partial charge in [0.05, 0.1) is 16.5 Å². The molecule has 0 bridgehead atoms. The third kappa shape index (κ3) is 4.95. The molecule has 0 atom stereocenters. The van der Waals surface area contributed by atoms with Gasteiger partial charge in [-0.25, -0.2) is 4.79 Å². The van der Waals surface area contributed by atoms with Gasteiger partial charge in [0.15, 0.2) is 6.61 Å². The molecule has 144 valence electrons. The Morgan fingerprint density at radius 3 is 2.57 bits per heavy atom. The topological polar surface area (TPSA) is 83.9 Å². The van der Waals surface area contributed by atoms with E-state index in [1.807, 2.05) is 24.3 Å². The van der Waals surface area contributed by atoms with E-state index < -0.39 is 12.6 Å². The highest BCUT2D eigenvalue weighted by atomic mass is 79.9. The average molecular weight is 483 g/mol.